The Morgan fingerprint density at radius 2 is 1.76 bits per heavy atom. The van der Waals surface area contributed by atoms with E-state index >= 15 is 0 Å². The molecule has 0 aliphatic heterocycles. The van der Waals surface area contributed by atoms with Crippen LogP contribution in [-0.4, -0.2) is 6.61 Å². The van der Waals surface area contributed by atoms with Crippen LogP contribution in [0.4, 0.5) is 0 Å². The highest BCUT2D eigenvalue weighted by molar-refractivity contribution is 9.10. The lowest BCUT2D eigenvalue weighted by Gasteiger charge is -2.15. The highest BCUT2D eigenvalue weighted by Gasteiger charge is 2.12. The molecule has 0 aromatic heterocycles. The molecule has 2 aromatic rings. The first-order chi connectivity index (χ1) is 10.1. The largest absolute Gasteiger partial charge is 0.490 e. The van der Waals surface area contributed by atoms with Gasteiger partial charge < -0.3 is 9.47 Å². The van der Waals surface area contributed by atoms with Gasteiger partial charge in [-0.15, -0.1) is 11.6 Å². The van der Waals surface area contributed by atoms with Gasteiger partial charge in [-0.25, -0.2) is 0 Å². The molecule has 0 heterocycles. The van der Waals surface area contributed by atoms with Crippen LogP contribution in [0.25, 0.3) is 0 Å². The highest BCUT2D eigenvalue weighted by atomic mass is 79.9. The third-order valence-corrected chi connectivity index (χ3v) is 3.97. The van der Waals surface area contributed by atoms with Crippen LogP contribution in [-0.2, 0) is 12.5 Å². The molecule has 0 spiro atoms. The van der Waals surface area contributed by atoms with Crippen LogP contribution in [0.2, 0.25) is 5.02 Å². The maximum absolute atomic E-state index is 5.89. The molecule has 21 heavy (non-hydrogen) atoms. The predicted octanol–water partition coefficient (Wildman–Crippen LogP) is 5.82. The van der Waals surface area contributed by atoms with Crippen molar-refractivity contribution in [1.82, 2.24) is 0 Å². The molecule has 0 fully saturated rings. The third kappa shape index (κ3) is 4.53. The number of rotatable bonds is 6. The minimum Gasteiger partial charge on any atom is -0.490 e. The van der Waals surface area contributed by atoms with E-state index in [0.29, 0.717) is 35.6 Å². The fraction of sp³-hybridized carbons (Fsp3) is 0.250. The molecule has 2 rings (SSSR count). The Kier molecular flexibility index (Phi) is 6.22. The number of hydrogen-bond donors (Lipinski definition) is 0. The van der Waals surface area contributed by atoms with Crippen LogP contribution < -0.4 is 9.47 Å². The van der Waals surface area contributed by atoms with E-state index < -0.39 is 0 Å². The van der Waals surface area contributed by atoms with Crippen LogP contribution in [0.3, 0.4) is 0 Å². The van der Waals surface area contributed by atoms with Crippen LogP contribution in [0.5, 0.6) is 11.5 Å². The number of hydrogen-bond acceptors (Lipinski definition) is 2. The highest BCUT2D eigenvalue weighted by Crippen LogP contribution is 2.37. The fourth-order valence-corrected chi connectivity index (χ4v) is 2.72. The summed E-state index contributed by atoms with van der Waals surface area (Å²) in [7, 11) is 0. The topological polar surface area (TPSA) is 18.5 Å². The maximum Gasteiger partial charge on any atom is 0.175 e. The van der Waals surface area contributed by atoms with Gasteiger partial charge >= 0.3 is 0 Å². The zero-order valence-corrected chi connectivity index (χ0v) is 14.6. The molecule has 0 atom stereocenters. The first kappa shape index (κ1) is 16.5. The van der Waals surface area contributed by atoms with Crippen LogP contribution in [0.1, 0.15) is 18.1 Å². The van der Waals surface area contributed by atoms with Crippen molar-refractivity contribution < 1.29 is 9.47 Å². The number of ether oxygens (including phenoxy) is 2. The maximum atomic E-state index is 5.89. The Labute approximate surface area is 143 Å². The first-order valence-corrected chi connectivity index (χ1v) is 8.23. The zero-order chi connectivity index (χ0) is 15.2. The molecular formula is C16H15BrCl2O2. The molecule has 0 N–H and O–H groups in total. The minimum atomic E-state index is 0.427. The average Bonchev–Trinajstić information content (AvgIpc) is 2.48. The average molecular weight is 390 g/mol. The van der Waals surface area contributed by atoms with Gasteiger partial charge in [0, 0.05) is 10.9 Å². The van der Waals surface area contributed by atoms with Crippen molar-refractivity contribution in [2.45, 2.75) is 19.4 Å². The Balaban J connectivity index is 2.19. The molecular weight excluding hydrogens is 375 g/mol. The quantitative estimate of drug-likeness (QED) is 0.579. The smallest absolute Gasteiger partial charge is 0.175 e. The summed E-state index contributed by atoms with van der Waals surface area (Å²) in [6, 6.07) is 11.4. The van der Waals surface area contributed by atoms with E-state index in [9.17, 15) is 0 Å². The summed E-state index contributed by atoms with van der Waals surface area (Å²) in [6.07, 6.45) is 0. The summed E-state index contributed by atoms with van der Waals surface area (Å²) < 4.78 is 12.4. The van der Waals surface area contributed by atoms with Gasteiger partial charge in [0.1, 0.15) is 6.61 Å². The molecule has 0 aliphatic rings. The Morgan fingerprint density at radius 3 is 2.38 bits per heavy atom. The molecule has 0 amide bonds. The minimum absolute atomic E-state index is 0.427. The Hall–Kier alpha value is -0.900. The standard InChI is InChI=1S/C16H15BrCl2O2/c1-2-20-15-8-12(9-18)7-14(17)16(15)21-10-11-3-5-13(19)6-4-11/h3-8H,2,9-10H2,1H3. The summed E-state index contributed by atoms with van der Waals surface area (Å²) >= 11 is 15.3. The van der Waals surface area contributed by atoms with E-state index in [-0.39, 0.29) is 0 Å². The van der Waals surface area contributed by atoms with Crippen molar-refractivity contribution in [3.05, 3.63) is 57.0 Å². The summed E-state index contributed by atoms with van der Waals surface area (Å²) in [5.41, 5.74) is 2.01. The predicted molar refractivity (Wildman–Crippen MR) is 90.7 cm³/mol. The van der Waals surface area contributed by atoms with Crippen molar-refractivity contribution in [3.63, 3.8) is 0 Å². The second-order valence-electron chi connectivity index (χ2n) is 4.39. The molecule has 5 heteroatoms. The SMILES string of the molecule is CCOc1cc(CCl)cc(Br)c1OCc1ccc(Cl)cc1. The van der Waals surface area contributed by atoms with Gasteiger partial charge in [-0.3, -0.25) is 0 Å². The van der Waals surface area contributed by atoms with Crippen molar-refractivity contribution in [1.29, 1.82) is 0 Å². The van der Waals surface area contributed by atoms with Crippen molar-refractivity contribution in [3.8, 4) is 11.5 Å². The third-order valence-electron chi connectivity index (χ3n) is 2.82. The summed E-state index contributed by atoms with van der Waals surface area (Å²) in [5, 5.41) is 0.710. The lowest BCUT2D eigenvalue weighted by molar-refractivity contribution is 0.267. The zero-order valence-electron chi connectivity index (χ0n) is 11.5. The van der Waals surface area contributed by atoms with Crippen LogP contribution in [0.15, 0.2) is 40.9 Å². The van der Waals surface area contributed by atoms with Crippen LogP contribution >= 0.6 is 39.1 Å². The van der Waals surface area contributed by atoms with E-state index in [2.05, 4.69) is 15.9 Å². The van der Waals surface area contributed by atoms with Gasteiger partial charge in [0.2, 0.25) is 0 Å². The van der Waals surface area contributed by atoms with E-state index in [0.717, 1.165) is 15.6 Å². The van der Waals surface area contributed by atoms with Gasteiger partial charge in [0.05, 0.1) is 11.1 Å². The fourth-order valence-electron chi connectivity index (χ4n) is 1.84. The first-order valence-electron chi connectivity index (χ1n) is 6.52. The number of benzene rings is 2. The van der Waals surface area contributed by atoms with E-state index in [1.807, 2.05) is 43.3 Å². The van der Waals surface area contributed by atoms with E-state index in [1.54, 1.807) is 0 Å². The van der Waals surface area contributed by atoms with Crippen LogP contribution in [0, 0.1) is 0 Å². The van der Waals surface area contributed by atoms with Crippen molar-refractivity contribution >= 4 is 39.1 Å². The van der Waals surface area contributed by atoms with E-state index in [4.69, 9.17) is 32.7 Å². The lowest BCUT2D eigenvalue weighted by atomic mass is 10.2. The number of halogens is 3. The summed E-state index contributed by atoms with van der Waals surface area (Å²) in [5.74, 6) is 1.80. The monoisotopic (exact) mass is 388 g/mol. The van der Waals surface area contributed by atoms with Crippen molar-refractivity contribution in [2.24, 2.45) is 0 Å². The molecule has 0 saturated carbocycles. The van der Waals surface area contributed by atoms with Gasteiger partial charge in [0.15, 0.2) is 11.5 Å². The van der Waals surface area contributed by atoms with Gasteiger partial charge in [-0.05, 0) is 58.2 Å². The summed E-state index contributed by atoms with van der Waals surface area (Å²) in [6.45, 7) is 2.94. The van der Waals surface area contributed by atoms with Gasteiger partial charge in [-0.1, -0.05) is 23.7 Å². The Bertz CT molecular complexity index is 600. The van der Waals surface area contributed by atoms with Gasteiger partial charge in [0.25, 0.3) is 0 Å². The second-order valence-corrected chi connectivity index (χ2v) is 5.94. The Morgan fingerprint density at radius 1 is 1.05 bits per heavy atom. The van der Waals surface area contributed by atoms with E-state index in [1.165, 1.54) is 0 Å². The molecule has 0 radical (unpaired) electrons. The molecule has 0 saturated heterocycles. The van der Waals surface area contributed by atoms with Gasteiger partial charge in [-0.2, -0.15) is 0 Å². The molecule has 2 aromatic carbocycles. The molecule has 2 nitrogen and oxygen atoms in total. The van der Waals surface area contributed by atoms with Crippen molar-refractivity contribution in [2.75, 3.05) is 6.61 Å². The summed E-state index contributed by atoms with van der Waals surface area (Å²) in [4.78, 5) is 0. The molecule has 112 valence electrons. The molecule has 0 bridgehead atoms. The molecule has 0 aliphatic carbocycles. The molecule has 0 unspecified atom stereocenters. The second kappa shape index (κ2) is 7.92. The number of alkyl halides is 1. The lowest BCUT2D eigenvalue weighted by Crippen LogP contribution is -2.01. The normalized spacial score (nSPS) is 10.5.